The lowest BCUT2D eigenvalue weighted by Crippen LogP contribution is -2.48. The molecule has 8 heteroatoms. The van der Waals surface area contributed by atoms with Crippen LogP contribution in [0.15, 0.2) is 24.3 Å². The first kappa shape index (κ1) is 19.4. The number of aliphatic carboxylic acids is 1. The van der Waals surface area contributed by atoms with Crippen LogP contribution in [-0.4, -0.2) is 39.4 Å². The van der Waals surface area contributed by atoms with Crippen LogP contribution in [0, 0.1) is 11.8 Å². The third kappa shape index (κ3) is 3.71. The van der Waals surface area contributed by atoms with Crippen LogP contribution < -0.4 is 10.6 Å². The monoisotopic (exact) mass is 399 g/mol. The molecule has 3 aliphatic rings. The highest BCUT2D eigenvalue weighted by atomic mass is 16.4. The Morgan fingerprint density at radius 1 is 1.10 bits per heavy atom. The molecule has 2 saturated carbocycles. The summed E-state index contributed by atoms with van der Waals surface area (Å²) in [7, 11) is 0. The summed E-state index contributed by atoms with van der Waals surface area (Å²) < 4.78 is 0. The maximum Gasteiger partial charge on any atom is 0.325 e. The third-order valence-corrected chi connectivity index (χ3v) is 6.30. The van der Waals surface area contributed by atoms with E-state index in [1.165, 1.54) is 4.90 Å². The van der Waals surface area contributed by atoms with E-state index in [9.17, 15) is 19.2 Å². The predicted molar refractivity (Wildman–Crippen MR) is 102 cm³/mol. The van der Waals surface area contributed by atoms with E-state index in [-0.39, 0.29) is 30.9 Å². The van der Waals surface area contributed by atoms with E-state index in [4.69, 9.17) is 5.11 Å². The zero-order valence-corrected chi connectivity index (χ0v) is 16.1. The van der Waals surface area contributed by atoms with Gasteiger partial charge in [0.05, 0.1) is 18.4 Å². The molecule has 1 aliphatic heterocycles. The number of nitrogens with zero attached hydrogens (tertiary/aromatic N) is 1. The van der Waals surface area contributed by atoms with Gasteiger partial charge in [0.2, 0.25) is 5.91 Å². The molecule has 3 fully saturated rings. The van der Waals surface area contributed by atoms with Gasteiger partial charge in [0, 0.05) is 6.54 Å². The van der Waals surface area contributed by atoms with Crippen molar-refractivity contribution in [2.45, 2.75) is 57.2 Å². The number of imide groups is 1. The fourth-order valence-corrected chi connectivity index (χ4v) is 4.44. The quantitative estimate of drug-likeness (QED) is 0.631. The molecule has 4 amide bonds. The summed E-state index contributed by atoms with van der Waals surface area (Å²) >= 11 is 0. The average molecular weight is 399 g/mol. The first-order valence-corrected chi connectivity index (χ1v) is 10.1. The van der Waals surface area contributed by atoms with Gasteiger partial charge >= 0.3 is 12.0 Å². The lowest BCUT2D eigenvalue weighted by atomic mass is 9.81. The van der Waals surface area contributed by atoms with Crippen LogP contribution in [0.2, 0.25) is 0 Å². The highest BCUT2D eigenvalue weighted by molar-refractivity contribution is 6.07. The van der Waals surface area contributed by atoms with Gasteiger partial charge in [-0.15, -0.1) is 0 Å². The summed E-state index contributed by atoms with van der Waals surface area (Å²) in [5, 5.41) is 14.7. The van der Waals surface area contributed by atoms with Gasteiger partial charge in [-0.25, -0.2) is 4.79 Å². The van der Waals surface area contributed by atoms with Crippen LogP contribution in [0.1, 0.15) is 49.7 Å². The maximum absolute atomic E-state index is 13.0. The number of benzene rings is 1. The Hall–Kier alpha value is -2.90. The molecule has 8 nitrogen and oxygen atoms in total. The normalized spacial score (nSPS) is 25.0. The molecule has 0 unspecified atom stereocenters. The number of carbonyl (C=O) groups excluding carboxylic acids is 3. The first-order valence-electron chi connectivity index (χ1n) is 10.1. The second-order valence-electron chi connectivity index (χ2n) is 8.24. The molecule has 2 atom stereocenters. The van der Waals surface area contributed by atoms with Crippen molar-refractivity contribution < 1.29 is 24.3 Å². The van der Waals surface area contributed by atoms with Gasteiger partial charge in [0.1, 0.15) is 5.54 Å². The Morgan fingerprint density at radius 3 is 2.45 bits per heavy atom. The number of rotatable bonds is 6. The SMILES string of the molecule is O=C(O)[C@@H]1C[C@H]1C(=O)NCc1ccccc1CN1C(=O)NC2(CCCCC2)C1=O. The molecule has 0 aromatic heterocycles. The fraction of sp³-hybridized carbons (Fsp3) is 0.524. The minimum atomic E-state index is -0.944. The smallest absolute Gasteiger partial charge is 0.325 e. The Kier molecular flexibility index (Phi) is 5.02. The molecule has 3 N–H and O–H groups in total. The number of nitrogens with one attached hydrogen (secondary N) is 2. The lowest BCUT2D eigenvalue weighted by Gasteiger charge is -2.30. The molecule has 1 aromatic rings. The topological polar surface area (TPSA) is 116 Å². The largest absolute Gasteiger partial charge is 0.481 e. The van der Waals surface area contributed by atoms with Gasteiger partial charge in [0.15, 0.2) is 0 Å². The molecule has 0 radical (unpaired) electrons. The van der Waals surface area contributed by atoms with E-state index in [0.29, 0.717) is 19.3 Å². The van der Waals surface area contributed by atoms with Crippen molar-refractivity contribution in [3.05, 3.63) is 35.4 Å². The van der Waals surface area contributed by atoms with Gasteiger partial charge in [-0.1, -0.05) is 43.5 Å². The van der Waals surface area contributed by atoms with Crippen molar-refractivity contribution in [1.82, 2.24) is 15.5 Å². The van der Waals surface area contributed by atoms with Crippen molar-refractivity contribution in [2.75, 3.05) is 0 Å². The van der Waals surface area contributed by atoms with Crippen molar-refractivity contribution in [3.63, 3.8) is 0 Å². The number of hydrogen-bond acceptors (Lipinski definition) is 4. The van der Waals surface area contributed by atoms with E-state index in [0.717, 1.165) is 30.4 Å². The molecule has 154 valence electrons. The number of carboxylic acid groups (broad SMARTS) is 1. The summed E-state index contributed by atoms with van der Waals surface area (Å²) in [6, 6.07) is 6.97. The average Bonchev–Trinajstić information content (AvgIpc) is 3.49. The van der Waals surface area contributed by atoms with Crippen LogP contribution in [-0.2, 0) is 27.5 Å². The van der Waals surface area contributed by atoms with E-state index in [1.54, 1.807) is 0 Å². The highest BCUT2D eigenvalue weighted by Gasteiger charge is 2.51. The van der Waals surface area contributed by atoms with Gasteiger partial charge in [-0.05, 0) is 30.4 Å². The summed E-state index contributed by atoms with van der Waals surface area (Å²) in [4.78, 5) is 49.9. The van der Waals surface area contributed by atoms with Crippen LogP contribution >= 0.6 is 0 Å². The Labute approximate surface area is 168 Å². The van der Waals surface area contributed by atoms with Crippen molar-refractivity contribution in [3.8, 4) is 0 Å². The van der Waals surface area contributed by atoms with E-state index < -0.39 is 23.3 Å². The van der Waals surface area contributed by atoms with Gasteiger partial charge < -0.3 is 15.7 Å². The van der Waals surface area contributed by atoms with Gasteiger partial charge in [-0.2, -0.15) is 0 Å². The Morgan fingerprint density at radius 2 is 1.79 bits per heavy atom. The number of urea groups is 1. The molecule has 2 aliphatic carbocycles. The van der Waals surface area contributed by atoms with E-state index in [1.807, 2.05) is 24.3 Å². The van der Waals surface area contributed by atoms with E-state index in [2.05, 4.69) is 10.6 Å². The molecular formula is C21H25N3O5. The minimum Gasteiger partial charge on any atom is -0.481 e. The molecular weight excluding hydrogens is 374 g/mol. The molecule has 29 heavy (non-hydrogen) atoms. The van der Waals surface area contributed by atoms with E-state index >= 15 is 0 Å². The molecule has 0 bridgehead atoms. The van der Waals surface area contributed by atoms with Crippen LogP contribution in [0.25, 0.3) is 0 Å². The van der Waals surface area contributed by atoms with Gasteiger partial charge in [-0.3, -0.25) is 19.3 Å². The maximum atomic E-state index is 13.0. The Balaban J connectivity index is 1.42. The van der Waals surface area contributed by atoms with Crippen LogP contribution in [0.3, 0.4) is 0 Å². The fourth-order valence-electron chi connectivity index (χ4n) is 4.44. The molecule has 4 rings (SSSR count). The van der Waals surface area contributed by atoms with Crippen molar-refractivity contribution in [2.24, 2.45) is 11.8 Å². The molecule has 1 heterocycles. The number of carbonyl (C=O) groups is 4. The van der Waals surface area contributed by atoms with Gasteiger partial charge in [0.25, 0.3) is 5.91 Å². The summed E-state index contributed by atoms with van der Waals surface area (Å²) in [5.41, 5.74) is 0.837. The first-order chi connectivity index (χ1) is 13.9. The molecule has 1 aromatic carbocycles. The summed E-state index contributed by atoms with van der Waals surface area (Å²) in [5.74, 6) is -2.45. The lowest BCUT2D eigenvalue weighted by molar-refractivity contribution is -0.140. The summed E-state index contributed by atoms with van der Waals surface area (Å²) in [6.07, 6.45) is 4.67. The third-order valence-electron chi connectivity index (χ3n) is 6.30. The van der Waals surface area contributed by atoms with Crippen molar-refractivity contribution >= 4 is 23.8 Å². The number of amides is 4. The highest BCUT2D eigenvalue weighted by Crippen LogP contribution is 2.39. The molecule has 1 saturated heterocycles. The molecule has 1 spiro atoms. The number of hydrogen-bond donors (Lipinski definition) is 3. The Bertz CT molecular complexity index is 862. The van der Waals surface area contributed by atoms with Crippen LogP contribution in [0.5, 0.6) is 0 Å². The standard InChI is InChI=1S/C21H25N3O5/c25-17(15-10-16(15)18(26)27)22-11-13-6-2-3-7-14(13)12-24-19(28)21(23-20(24)29)8-4-1-5-9-21/h2-3,6-7,15-16H,1,4-5,8-12H2,(H,22,25)(H,23,29)(H,26,27)/t15-,16-/m1/s1. The minimum absolute atomic E-state index is 0.152. The summed E-state index contributed by atoms with van der Waals surface area (Å²) in [6.45, 7) is 0.381. The predicted octanol–water partition coefficient (Wildman–Crippen LogP) is 1.78. The number of carboxylic acids is 1. The van der Waals surface area contributed by atoms with Crippen LogP contribution in [0.4, 0.5) is 4.79 Å². The zero-order chi connectivity index (χ0) is 20.6. The van der Waals surface area contributed by atoms with Crippen molar-refractivity contribution in [1.29, 1.82) is 0 Å². The second-order valence-corrected chi connectivity index (χ2v) is 8.24. The zero-order valence-electron chi connectivity index (χ0n) is 16.1. The second kappa shape index (κ2) is 7.50.